The monoisotopic (exact) mass is 382 g/mol. The van der Waals surface area contributed by atoms with Crippen LogP contribution in [0.25, 0.3) is 0 Å². The van der Waals surface area contributed by atoms with Crippen molar-refractivity contribution >= 4 is 21.7 Å². The molecule has 130 valence electrons. The summed E-state index contributed by atoms with van der Waals surface area (Å²) in [5.41, 5.74) is -0.0582. The minimum Gasteiger partial charge on any atom is -0.390 e. The summed E-state index contributed by atoms with van der Waals surface area (Å²) in [5, 5.41) is 11.0. The summed E-state index contributed by atoms with van der Waals surface area (Å²) >= 11 is 3.74. The third kappa shape index (κ3) is 2.05. The molecule has 0 aliphatic heterocycles. The number of alkyl halides is 1. The van der Waals surface area contributed by atoms with E-state index in [-0.39, 0.29) is 10.2 Å². The molecule has 1 N–H and O–H groups in total. The maximum atomic E-state index is 12.2. The summed E-state index contributed by atoms with van der Waals surface area (Å²) in [7, 11) is 0. The average molecular weight is 383 g/mol. The maximum absolute atomic E-state index is 12.2. The van der Waals surface area contributed by atoms with Gasteiger partial charge in [0.1, 0.15) is 5.78 Å². The van der Waals surface area contributed by atoms with Crippen LogP contribution in [0.1, 0.15) is 72.1 Å². The van der Waals surface area contributed by atoms with E-state index in [1.165, 1.54) is 25.7 Å². The number of carbonyl (C=O) groups is 1. The number of ketones is 1. The summed E-state index contributed by atoms with van der Waals surface area (Å²) in [4.78, 5) is 12.3. The fourth-order valence-corrected chi connectivity index (χ4v) is 8.43. The van der Waals surface area contributed by atoms with Gasteiger partial charge in [-0.1, -0.05) is 29.8 Å². The van der Waals surface area contributed by atoms with Crippen molar-refractivity contribution in [1.82, 2.24) is 0 Å². The first-order valence-corrected chi connectivity index (χ1v) is 10.5. The number of halogens is 1. The summed E-state index contributed by atoms with van der Waals surface area (Å²) < 4.78 is 0. The zero-order valence-electron chi connectivity index (χ0n) is 14.8. The molecule has 4 saturated carbocycles. The molecule has 8 atom stereocenters. The van der Waals surface area contributed by atoms with Crippen LogP contribution in [0, 0.1) is 34.5 Å². The van der Waals surface area contributed by atoms with Crippen molar-refractivity contribution in [2.75, 3.05) is 0 Å². The molecule has 4 aliphatic carbocycles. The standard InChI is InChI=1S/C20H31BrO2/c1-18-9-8-16(22)17(21)15(18)5-4-12-13(18)6-10-19(2)14(12)7-11-20(19,3)23/h12-15,17,23H,4-11H2,1-3H3/t12-,13+,14+,15?,17?,18-,19+,20+/m1/s1. The Morgan fingerprint density at radius 1 is 0.957 bits per heavy atom. The zero-order chi connectivity index (χ0) is 16.6. The van der Waals surface area contributed by atoms with Crippen LogP contribution in [0.15, 0.2) is 0 Å². The van der Waals surface area contributed by atoms with Gasteiger partial charge in [0.2, 0.25) is 0 Å². The molecule has 23 heavy (non-hydrogen) atoms. The van der Waals surface area contributed by atoms with Crippen molar-refractivity contribution in [2.24, 2.45) is 34.5 Å². The van der Waals surface area contributed by atoms with Crippen molar-refractivity contribution in [2.45, 2.75) is 82.6 Å². The number of carbonyl (C=O) groups excluding carboxylic acids is 1. The number of hydrogen-bond acceptors (Lipinski definition) is 2. The molecule has 0 heterocycles. The lowest BCUT2D eigenvalue weighted by molar-refractivity contribution is -0.151. The van der Waals surface area contributed by atoms with Gasteiger partial charge in [0.15, 0.2) is 0 Å². The topological polar surface area (TPSA) is 37.3 Å². The summed E-state index contributed by atoms with van der Waals surface area (Å²) in [6, 6.07) is 0. The van der Waals surface area contributed by atoms with Crippen molar-refractivity contribution in [3.63, 3.8) is 0 Å². The largest absolute Gasteiger partial charge is 0.390 e. The molecule has 4 fully saturated rings. The lowest BCUT2D eigenvalue weighted by Crippen LogP contribution is -2.58. The molecule has 4 rings (SSSR count). The fraction of sp³-hybridized carbons (Fsp3) is 0.950. The molecular weight excluding hydrogens is 352 g/mol. The molecule has 4 aliphatic rings. The van der Waals surface area contributed by atoms with Crippen LogP contribution in [-0.4, -0.2) is 21.3 Å². The van der Waals surface area contributed by atoms with E-state index in [0.29, 0.717) is 23.0 Å². The molecule has 0 saturated heterocycles. The van der Waals surface area contributed by atoms with Gasteiger partial charge in [0.05, 0.1) is 10.4 Å². The van der Waals surface area contributed by atoms with Crippen LogP contribution < -0.4 is 0 Å². The van der Waals surface area contributed by atoms with Crippen LogP contribution in [0.5, 0.6) is 0 Å². The Balaban J connectivity index is 1.66. The van der Waals surface area contributed by atoms with E-state index in [0.717, 1.165) is 37.5 Å². The third-order valence-corrected chi connectivity index (χ3v) is 10.2. The van der Waals surface area contributed by atoms with Crippen molar-refractivity contribution in [3.05, 3.63) is 0 Å². The number of aliphatic hydroxyl groups is 1. The SMILES string of the molecule is C[C@]12CCC(=O)C(Br)C1CC[C@@H]1[C@@H]2CC[C@@]2(C)[C@H]1CC[C@]2(C)O. The van der Waals surface area contributed by atoms with Gasteiger partial charge in [-0.25, -0.2) is 0 Å². The molecule has 2 unspecified atom stereocenters. The van der Waals surface area contributed by atoms with Gasteiger partial charge in [0, 0.05) is 6.42 Å². The van der Waals surface area contributed by atoms with Crippen LogP contribution in [0.3, 0.4) is 0 Å². The first-order valence-electron chi connectivity index (χ1n) is 9.60. The number of fused-ring (bicyclic) bond motifs is 5. The Bertz CT molecular complexity index is 530. The lowest BCUT2D eigenvalue weighted by Gasteiger charge is -2.61. The van der Waals surface area contributed by atoms with Crippen molar-refractivity contribution in [1.29, 1.82) is 0 Å². The summed E-state index contributed by atoms with van der Waals surface area (Å²) in [6.45, 7) is 6.91. The minimum absolute atomic E-state index is 0.0854. The Kier molecular flexibility index (Phi) is 3.65. The molecule has 0 spiro atoms. The lowest BCUT2D eigenvalue weighted by atomic mass is 9.44. The highest BCUT2D eigenvalue weighted by atomic mass is 79.9. The summed E-state index contributed by atoms with van der Waals surface area (Å²) in [5.74, 6) is 3.14. The van der Waals surface area contributed by atoms with E-state index in [9.17, 15) is 9.90 Å². The van der Waals surface area contributed by atoms with Gasteiger partial charge in [0.25, 0.3) is 0 Å². The molecule has 0 amide bonds. The average Bonchev–Trinajstić information content (AvgIpc) is 2.74. The first-order chi connectivity index (χ1) is 10.7. The second-order valence-corrected chi connectivity index (χ2v) is 10.7. The maximum Gasteiger partial charge on any atom is 0.146 e. The first kappa shape index (κ1) is 16.6. The molecule has 3 heteroatoms. The second-order valence-electron chi connectivity index (χ2n) is 9.70. The van der Waals surface area contributed by atoms with Crippen LogP contribution in [0.4, 0.5) is 0 Å². The predicted octanol–water partition coefficient (Wildman–Crippen LogP) is 4.72. The highest BCUT2D eigenvalue weighted by Gasteiger charge is 2.64. The number of rotatable bonds is 0. The Morgan fingerprint density at radius 3 is 2.39 bits per heavy atom. The minimum atomic E-state index is -0.485. The summed E-state index contributed by atoms with van der Waals surface area (Å²) in [6.07, 6.45) is 8.86. The van der Waals surface area contributed by atoms with Gasteiger partial charge in [-0.2, -0.15) is 0 Å². The van der Waals surface area contributed by atoms with E-state index in [1.54, 1.807) is 0 Å². The Hall–Kier alpha value is 0.110. The predicted molar refractivity (Wildman–Crippen MR) is 95.5 cm³/mol. The highest BCUT2D eigenvalue weighted by molar-refractivity contribution is 9.10. The highest BCUT2D eigenvalue weighted by Crippen LogP contribution is 2.68. The zero-order valence-corrected chi connectivity index (χ0v) is 16.4. The second kappa shape index (κ2) is 5.06. The molecule has 0 aromatic carbocycles. The van der Waals surface area contributed by atoms with Gasteiger partial charge in [-0.05, 0) is 86.4 Å². The number of Topliss-reactive ketones (excluding diaryl/α,β-unsaturated/α-hetero) is 1. The Morgan fingerprint density at radius 2 is 1.65 bits per heavy atom. The van der Waals surface area contributed by atoms with E-state index in [2.05, 4.69) is 36.7 Å². The van der Waals surface area contributed by atoms with E-state index < -0.39 is 5.60 Å². The molecule has 0 bridgehead atoms. The molecule has 0 radical (unpaired) electrons. The van der Waals surface area contributed by atoms with Crippen LogP contribution in [-0.2, 0) is 4.79 Å². The van der Waals surface area contributed by atoms with Crippen LogP contribution >= 0.6 is 15.9 Å². The third-order valence-electron chi connectivity index (χ3n) is 9.08. The molecular formula is C20H31BrO2. The fourth-order valence-electron chi connectivity index (χ4n) is 7.34. The molecule has 0 aromatic heterocycles. The smallest absolute Gasteiger partial charge is 0.146 e. The molecule has 2 nitrogen and oxygen atoms in total. The van der Waals surface area contributed by atoms with Gasteiger partial charge in [-0.15, -0.1) is 0 Å². The Labute approximate surface area is 148 Å². The van der Waals surface area contributed by atoms with E-state index >= 15 is 0 Å². The van der Waals surface area contributed by atoms with Gasteiger partial charge < -0.3 is 5.11 Å². The van der Waals surface area contributed by atoms with E-state index in [4.69, 9.17) is 0 Å². The quantitative estimate of drug-likeness (QED) is 0.615. The number of hydrogen-bond donors (Lipinski definition) is 1. The van der Waals surface area contributed by atoms with Crippen LogP contribution in [0.2, 0.25) is 0 Å². The van der Waals surface area contributed by atoms with Crippen molar-refractivity contribution in [3.8, 4) is 0 Å². The normalized spacial score (nSPS) is 59.2. The van der Waals surface area contributed by atoms with Crippen molar-refractivity contribution < 1.29 is 9.90 Å². The van der Waals surface area contributed by atoms with Gasteiger partial charge >= 0.3 is 0 Å². The van der Waals surface area contributed by atoms with E-state index in [1.807, 2.05) is 0 Å². The van der Waals surface area contributed by atoms with Gasteiger partial charge in [-0.3, -0.25) is 4.79 Å². The molecule has 0 aromatic rings.